The first-order valence-corrected chi connectivity index (χ1v) is 12.5. The van der Waals surface area contributed by atoms with Crippen LogP contribution in [-0.4, -0.2) is 23.3 Å². The van der Waals surface area contributed by atoms with Crippen LogP contribution in [0.2, 0.25) is 5.02 Å². The fourth-order valence-corrected chi connectivity index (χ4v) is 5.73. The molecule has 3 aromatic carbocycles. The average Bonchev–Trinajstić information content (AvgIpc) is 3.29. The molecule has 4 aromatic rings. The summed E-state index contributed by atoms with van der Waals surface area (Å²) in [4.78, 5) is 45.4. The van der Waals surface area contributed by atoms with E-state index in [1.807, 2.05) is 19.1 Å². The number of halogens is 2. The number of hydrogen-bond acceptors (Lipinski definition) is 4. The van der Waals surface area contributed by atoms with E-state index >= 15 is 0 Å². The van der Waals surface area contributed by atoms with Crippen LogP contribution in [0, 0.1) is 5.82 Å². The molecule has 186 valence electrons. The molecule has 1 atom stereocenters. The third-order valence-corrected chi connectivity index (χ3v) is 7.59. The van der Waals surface area contributed by atoms with Crippen LogP contribution in [0.25, 0.3) is 11.0 Å². The maximum Gasteiger partial charge on any atom is 0.291 e. The fourth-order valence-electron chi connectivity index (χ4n) is 5.53. The zero-order valence-electron chi connectivity index (χ0n) is 20.0. The van der Waals surface area contributed by atoms with Crippen molar-refractivity contribution in [3.8, 4) is 0 Å². The molecule has 0 radical (unpaired) electrons. The molecule has 0 bridgehead atoms. The van der Waals surface area contributed by atoms with Crippen LogP contribution in [0.3, 0.4) is 0 Å². The van der Waals surface area contributed by atoms with Crippen LogP contribution < -0.4 is 10.3 Å². The van der Waals surface area contributed by atoms with Crippen LogP contribution in [0.4, 0.5) is 10.1 Å². The zero-order valence-corrected chi connectivity index (χ0v) is 20.7. The Morgan fingerprint density at radius 2 is 1.76 bits per heavy atom. The van der Waals surface area contributed by atoms with E-state index in [9.17, 15) is 18.8 Å². The number of para-hydroxylation sites is 1. The lowest BCUT2D eigenvalue weighted by molar-refractivity contribution is -0.126. The van der Waals surface area contributed by atoms with Crippen molar-refractivity contribution in [2.75, 3.05) is 11.4 Å². The van der Waals surface area contributed by atoms with Crippen LogP contribution in [-0.2, 0) is 16.9 Å². The van der Waals surface area contributed by atoms with Gasteiger partial charge in [-0.2, -0.15) is 0 Å². The minimum absolute atomic E-state index is 0.0156. The van der Waals surface area contributed by atoms with Crippen molar-refractivity contribution in [3.05, 3.63) is 110 Å². The summed E-state index contributed by atoms with van der Waals surface area (Å²) in [7, 11) is 0. The highest BCUT2D eigenvalue weighted by atomic mass is 35.5. The van der Waals surface area contributed by atoms with Gasteiger partial charge in [-0.05, 0) is 42.3 Å². The summed E-state index contributed by atoms with van der Waals surface area (Å²) in [5.41, 5.74) is -0.469. The Balaban J connectivity index is 1.66. The zero-order chi connectivity index (χ0) is 25.9. The van der Waals surface area contributed by atoms with Crippen LogP contribution in [0.1, 0.15) is 47.0 Å². The second-order valence-corrected chi connectivity index (χ2v) is 9.70. The molecule has 6 rings (SSSR count). The summed E-state index contributed by atoms with van der Waals surface area (Å²) < 4.78 is 20.1. The topological polar surface area (TPSA) is 70.8 Å². The number of amides is 2. The third kappa shape index (κ3) is 3.20. The lowest BCUT2D eigenvalue weighted by Gasteiger charge is -2.34. The third-order valence-electron chi connectivity index (χ3n) is 7.22. The van der Waals surface area contributed by atoms with Crippen LogP contribution in [0.5, 0.6) is 0 Å². The summed E-state index contributed by atoms with van der Waals surface area (Å²) in [6.45, 7) is 2.37. The number of fused-ring (bicyclic) bond motifs is 5. The number of hydrogen-bond donors (Lipinski definition) is 0. The molecule has 3 heterocycles. The summed E-state index contributed by atoms with van der Waals surface area (Å²) in [5, 5.41) is 0.485. The number of benzene rings is 3. The van der Waals surface area contributed by atoms with Gasteiger partial charge in [-0.3, -0.25) is 14.4 Å². The summed E-state index contributed by atoms with van der Waals surface area (Å²) in [6, 6.07) is 17.9. The van der Waals surface area contributed by atoms with E-state index in [1.165, 1.54) is 17.0 Å². The summed E-state index contributed by atoms with van der Waals surface area (Å²) >= 11 is 6.43. The predicted molar refractivity (Wildman–Crippen MR) is 138 cm³/mol. The first kappa shape index (κ1) is 23.4. The molecule has 6 nitrogen and oxygen atoms in total. The summed E-state index contributed by atoms with van der Waals surface area (Å²) in [5.74, 6) is -1.77. The standard InChI is InChI=1S/C29H22ClFN2O4/c1-2-3-14-33-27(35)26-24(25(34)19-15-18(31)12-13-23(19)37-26)29(33)20-9-5-7-11-22(20)32(28(29)36)16-17-8-4-6-10-21(17)30/h4-13,15H,2-3,14,16H2,1H3. The van der Waals surface area contributed by atoms with E-state index in [0.29, 0.717) is 22.7 Å². The molecule has 37 heavy (non-hydrogen) atoms. The van der Waals surface area contributed by atoms with Gasteiger partial charge in [0.1, 0.15) is 11.4 Å². The van der Waals surface area contributed by atoms with E-state index < -0.39 is 28.6 Å². The van der Waals surface area contributed by atoms with Crippen molar-refractivity contribution in [1.29, 1.82) is 0 Å². The number of carbonyl (C=O) groups is 2. The molecular formula is C29H22ClFN2O4. The smallest absolute Gasteiger partial charge is 0.291 e. The lowest BCUT2D eigenvalue weighted by Crippen LogP contribution is -2.53. The SMILES string of the molecule is CCCCN1C(=O)c2oc3ccc(F)cc3c(=O)c2C12C(=O)N(Cc1ccccc1Cl)c1ccccc12. The quantitative estimate of drug-likeness (QED) is 0.344. The molecule has 0 saturated carbocycles. The minimum atomic E-state index is -1.72. The largest absolute Gasteiger partial charge is 0.450 e. The molecule has 0 fully saturated rings. The van der Waals surface area contributed by atoms with Gasteiger partial charge in [0.05, 0.1) is 23.2 Å². The van der Waals surface area contributed by atoms with E-state index in [1.54, 1.807) is 41.3 Å². The van der Waals surface area contributed by atoms with E-state index in [2.05, 4.69) is 0 Å². The van der Waals surface area contributed by atoms with Crippen molar-refractivity contribution in [3.63, 3.8) is 0 Å². The Hall–Kier alpha value is -3.97. The van der Waals surface area contributed by atoms with E-state index in [-0.39, 0.29) is 35.4 Å². The molecule has 1 unspecified atom stereocenters. The Morgan fingerprint density at radius 1 is 1.00 bits per heavy atom. The van der Waals surface area contributed by atoms with Crippen molar-refractivity contribution in [1.82, 2.24) is 4.90 Å². The molecule has 2 aliphatic rings. The lowest BCUT2D eigenvalue weighted by atomic mass is 9.84. The first-order valence-electron chi connectivity index (χ1n) is 12.1. The highest BCUT2D eigenvalue weighted by molar-refractivity contribution is 6.31. The van der Waals surface area contributed by atoms with Gasteiger partial charge in [0.25, 0.3) is 11.8 Å². The Kier molecular flexibility index (Phi) is 5.42. The Morgan fingerprint density at radius 3 is 2.54 bits per heavy atom. The molecule has 0 saturated heterocycles. The van der Waals surface area contributed by atoms with Crippen molar-refractivity contribution >= 4 is 40.1 Å². The van der Waals surface area contributed by atoms with Gasteiger partial charge in [0.2, 0.25) is 5.76 Å². The van der Waals surface area contributed by atoms with Crippen molar-refractivity contribution in [2.24, 2.45) is 0 Å². The van der Waals surface area contributed by atoms with Gasteiger partial charge in [-0.15, -0.1) is 0 Å². The molecule has 0 N–H and O–H groups in total. The van der Waals surface area contributed by atoms with Gasteiger partial charge < -0.3 is 14.2 Å². The number of carbonyl (C=O) groups excluding carboxylic acids is 2. The maximum atomic E-state index is 14.6. The molecular weight excluding hydrogens is 495 g/mol. The summed E-state index contributed by atoms with van der Waals surface area (Å²) in [6.07, 6.45) is 1.38. The van der Waals surface area contributed by atoms with Gasteiger partial charge in [0, 0.05) is 17.1 Å². The number of anilines is 1. The molecule has 8 heteroatoms. The number of rotatable bonds is 5. The van der Waals surface area contributed by atoms with Gasteiger partial charge in [0.15, 0.2) is 11.0 Å². The molecule has 2 aliphatic heterocycles. The highest BCUT2D eigenvalue weighted by Gasteiger charge is 2.64. The average molecular weight is 517 g/mol. The highest BCUT2D eigenvalue weighted by Crippen LogP contribution is 2.53. The fraction of sp³-hybridized carbons (Fsp3) is 0.207. The molecule has 1 spiro atoms. The monoisotopic (exact) mass is 516 g/mol. The molecule has 0 aliphatic carbocycles. The van der Waals surface area contributed by atoms with Crippen LogP contribution >= 0.6 is 11.6 Å². The normalized spacial score (nSPS) is 18.2. The van der Waals surface area contributed by atoms with Gasteiger partial charge >= 0.3 is 0 Å². The molecule has 2 amide bonds. The number of nitrogens with zero attached hydrogens (tertiary/aromatic N) is 2. The predicted octanol–water partition coefficient (Wildman–Crippen LogP) is 5.63. The second kappa shape index (κ2) is 8.56. The van der Waals surface area contributed by atoms with Gasteiger partial charge in [-0.1, -0.05) is 61.3 Å². The van der Waals surface area contributed by atoms with E-state index in [0.717, 1.165) is 18.1 Å². The van der Waals surface area contributed by atoms with Crippen LogP contribution in [0.15, 0.2) is 75.9 Å². The minimum Gasteiger partial charge on any atom is -0.450 e. The maximum absolute atomic E-state index is 14.6. The Bertz CT molecular complexity index is 1670. The van der Waals surface area contributed by atoms with Crippen molar-refractivity contribution < 1.29 is 18.4 Å². The van der Waals surface area contributed by atoms with E-state index in [4.69, 9.17) is 16.0 Å². The Labute approximate surface area is 216 Å². The van der Waals surface area contributed by atoms with Crippen molar-refractivity contribution in [2.45, 2.75) is 31.8 Å². The second-order valence-electron chi connectivity index (χ2n) is 9.30. The number of unbranched alkanes of at least 4 members (excludes halogenated alkanes) is 1. The molecule has 1 aromatic heterocycles. The first-order chi connectivity index (χ1) is 17.9. The van der Waals surface area contributed by atoms with Gasteiger partial charge in [-0.25, -0.2) is 4.39 Å².